The zero-order valence-corrected chi connectivity index (χ0v) is 13.8. The molecule has 0 radical (unpaired) electrons. The van der Waals surface area contributed by atoms with Crippen LogP contribution in [0.15, 0.2) is 35.1 Å². The molecule has 138 valence electrons. The van der Waals surface area contributed by atoms with Crippen molar-refractivity contribution in [1.82, 2.24) is 19.6 Å². The first-order valence-corrected chi connectivity index (χ1v) is 7.91. The molecular weight excluding hydrogens is 351 g/mol. The molecule has 10 heteroatoms. The number of aromatic amines is 1. The van der Waals surface area contributed by atoms with Crippen LogP contribution in [0.1, 0.15) is 24.9 Å². The van der Waals surface area contributed by atoms with Crippen LogP contribution in [0.5, 0.6) is 5.75 Å². The van der Waals surface area contributed by atoms with Crippen molar-refractivity contribution in [1.29, 1.82) is 0 Å². The van der Waals surface area contributed by atoms with Gasteiger partial charge in [-0.2, -0.15) is 9.50 Å². The van der Waals surface area contributed by atoms with Crippen molar-refractivity contribution in [3.63, 3.8) is 0 Å². The first kappa shape index (κ1) is 17.8. The molecule has 26 heavy (non-hydrogen) atoms. The van der Waals surface area contributed by atoms with Gasteiger partial charge in [-0.3, -0.25) is 4.79 Å². The highest BCUT2D eigenvalue weighted by atomic mass is 19.4. The number of rotatable bonds is 6. The molecule has 0 saturated carbocycles. The lowest BCUT2D eigenvalue weighted by atomic mass is 10.2. The summed E-state index contributed by atoms with van der Waals surface area (Å²) in [7, 11) is 0. The maximum atomic E-state index is 12.1. The van der Waals surface area contributed by atoms with Gasteiger partial charge in [-0.1, -0.05) is 13.3 Å². The number of halogens is 3. The molecule has 0 fully saturated rings. The molecule has 7 nitrogen and oxygen atoms in total. The molecule has 3 rings (SSSR count). The van der Waals surface area contributed by atoms with Crippen LogP contribution in [0.4, 0.5) is 18.9 Å². The van der Waals surface area contributed by atoms with Crippen LogP contribution in [0.3, 0.4) is 0 Å². The lowest BCUT2D eigenvalue weighted by Gasteiger charge is -2.09. The van der Waals surface area contributed by atoms with Gasteiger partial charge in [0.15, 0.2) is 5.82 Å². The Morgan fingerprint density at radius 1 is 1.27 bits per heavy atom. The van der Waals surface area contributed by atoms with E-state index >= 15 is 0 Å². The maximum absolute atomic E-state index is 12.1. The Kier molecular flexibility index (Phi) is 4.83. The van der Waals surface area contributed by atoms with Crippen LogP contribution < -0.4 is 15.6 Å². The summed E-state index contributed by atoms with van der Waals surface area (Å²) in [6, 6.07) is 6.78. The van der Waals surface area contributed by atoms with E-state index in [1.807, 2.05) is 6.92 Å². The third-order valence-corrected chi connectivity index (χ3v) is 3.49. The first-order chi connectivity index (χ1) is 12.3. The quantitative estimate of drug-likeness (QED) is 0.700. The number of hydrogen-bond donors (Lipinski definition) is 2. The molecule has 1 aromatic carbocycles. The largest absolute Gasteiger partial charge is 0.573 e. The monoisotopic (exact) mass is 367 g/mol. The van der Waals surface area contributed by atoms with E-state index in [2.05, 4.69) is 25.1 Å². The normalized spacial score (nSPS) is 11.7. The van der Waals surface area contributed by atoms with E-state index in [0.717, 1.165) is 18.5 Å². The fraction of sp³-hybridized carbons (Fsp3) is 0.312. The van der Waals surface area contributed by atoms with E-state index in [-0.39, 0.29) is 17.9 Å². The van der Waals surface area contributed by atoms with E-state index in [1.165, 1.54) is 34.8 Å². The Morgan fingerprint density at radius 2 is 2.00 bits per heavy atom. The molecule has 0 aliphatic rings. The van der Waals surface area contributed by atoms with E-state index in [0.29, 0.717) is 17.3 Å². The molecule has 0 amide bonds. The second-order valence-electron chi connectivity index (χ2n) is 5.57. The van der Waals surface area contributed by atoms with Crippen molar-refractivity contribution in [3.05, 3.63) is 52.2 Å². The number of benzene rings is 1. The number of anilines is 1. The third kappa shape index (κ3) is 4.32. The van der Waals surface area contributed by atoms with E-state index in [1.54, 1.807) is 0 Å². The summed E-state index contributed by atoms with van der Waals surface area (Å²) in [6.45, 7) is 2.21. The van der Waals surface area contributed by atoms with E-state index in [9.17, 15) is 18.0 Å². The van der Waals surface area contributed by atoms with Gasteiger partial charge in [-0.15, -0.1) is 18.3 Å². The van der Waals surface area contributed by atoms with Crippen LogP contribution in [0, 0.1) is 0 Å². The van der Waals surface area contributed by atoms with Crippen molar-refractivity contribution in [2.24, 2.45) is 0 Å². The lowest BCUT2D eigenvalue weighted by molar-refractivity contribution is -0.274. The molecule has 2 aromatic heterocycles. The number of alkyl halides is 3. The van der Waals surface area contributed by atoms with Crippen molar-refractivity contribution in [3.8, 4) is 5.75 Å². The van der Waals surface area contributed by atoms with Crippen molar-refractivity contribution < 1.29 is 17.9 Å². The summed E-state index contributed by atoms with van der Waals surface area (Å²) in [6.07, 6.45) is -3.10. The molecule has 0 aliphatic carbocycles. The fourth-order valence-corrected chi connectivity index (χ4v) is 2.41. The lowest BCUT2D eigenvalue weighted by Crippen LogP contribution is -2.17. The number of fused-ring (bicyclic) bond motifs is 1. The van der Waals surface area contributed by atoms with Gasteiger partial charge < -0.3 is 15.0 Å². The molecule has 0 unspecified atom stereocenters. The van der Waals surface area contributed by atoms with Gasteiger partial charge in [-0.25, -0.2) is 0 Å². The highest BCUT2D eigenvalue weighted by Gasteiger charge is 2.30. The minimum atomic E-state index is -4.72. The Balaban J connectivity index is 1.69. The van der Waals surface area contributed by atoms with Crippen molar-refractivity contribution >= 4 is 11.5 Å². The van der Waals surface area contributed by atoms with Crippen LogP contribution >= 0.6 is 0 Å². The second-order valence-corrected chi connectivity index (χ2v) is 5.57. The van der Waals surface area contributed by atoms with Crippen LogP contribution in [0.2, 0.25) is 0 Å². The highest BCUT2D eigenvalue weighted by molar-refractivity contribution is 5.46. The molecule has 0 aliphatic heterocycles. The van der Waals surface area contributed by atoms with Gasteiger partial charge in [0.1, 0.15) is 5.75 Å². The molecule has 0 bridgehead atoms. The summed E-state index contributed by atoms with van der Waals surface area (Å²) in [4.78, 5) is 19.3. The SMILES string of the molecule is CCCc1cc(=O)n2nc(CNc3ccc(OC(F)(F)F)cc3)nc2[nH]1. The van der Waals surface area contributed by atoms with Crippen LogP contribution in [-0.4, -0.2) is 25.9 Å². The molecule has 2 heterocycles. The Bertz CT molecular complexity index is 947. The predicted molar refractivity (Wildman–Crippen MR) is 88.1 cm³/mol. The number of aryl methyl sites for hydroxylation is 1. The minimum absolute atomic E-state index is 0.206. The van der Waals surface area contributed by atoms with Gasteiger partial charge in [0.05, 0.1) is 6.54 Å². The second kappa shape index (κ2) is 7.06. The molecule has 0 saturated heterocycles. The number of hydrogen-bond acceptors (Lipinski definition) is 5. The zero-order chi connectivity index (χ0) is 18.7. The predicted octanol–water partition coefficient (Wildman–Crippen LogP) is 2.88. The van der Waals surface area contributed by atoms with Gasteiger partial charge in [0.2, 0.25) is 5.78 Å². The third-order valence-electron chi connectivity index (χ3n) is 3.49. The molecular formula is C16H16F3N5O2. The first-order valence-electron chi connectivity index (χ1n) is 7.91. The smallest absolute Gasteiger partial charge is 0.406 e. The van der Waals surface area contributed by atoms with Crippen LogP contribution in [-0.2, 0) is 13.0 Å². The maximum Gasteiger partial charge on any atom is 0.573 e. The number of nitrogens with one attached hydrogen (secondary N) is 2. The van der Waals surface area contributed by atoms with Crippen LogP contribution in [0.25, 0.3) is 5.78 Å². The van der Waals surface area contributed by atoms with E-state index in [4.69, 9.17) is 0 Å². The minimum Gasteiger partial charge on any atom is -0.406 e. The number of ether oxygens (including phenoxy) is 1. The average molecular weight is 367 g/mol. The highest BCUT2D eigenvalue weighted by Crippen LogP contribution is 2.24. The van der Waals surface area contributed by atoms with Crippen molar-refractivity contribution in [2.45, 2.75) is 32.7 Å². The van der Waals surface area contributed by atoms with Crippen molar-refractivity contribution in [2.75, 3.05) is 5.32 Å². The van der Waals surface area contributed by atoms with E-state index < -0.39 is 6.36 Å². The standard InChI is InChI=1S/C16H16F3N5O2/c1-2-3-11-8-14(25)24-15(21-11)22-13(23-24)9-20-10-4-6-12(7-5-10)26-16(17,18)19/h4-8,20H,2-3,9H2,1H3,(H,21,22,23). The van der Waals surface area contributed by atoms with Gasteiger partial charge in [0, 0.05) is 17.4 Å². The fourth-order valence-electron chi connectivity index (χ4n) is 2.41. The summed E-state index contributed by atoms with van der Waals surface area (Å²) < 4.78 is 41.4. The number of H-pyrrole nitrogens is 1. The molecule has 0 atom stereocenters. The van der Waals surface area contributed by atoms with Gasteiger partial charge in [0.25, 0.3) is 5.56 Å². The summed E-state index contributed by atoms with van der Waals surface area (Å²) in [5.41, 5.74) is 1.09. The Labute approximate surface area is 145 Å². The summed E-state index contributed by atoms with van der Waals surface area (Å²) in [5.74, 6) is 0.428. The number of nitrogens with zero attached hydrogens (tertiary/aromatic N) is 3. The molecule has 0 spiro atoms. The van der Waals surface area contributed by atoms with Gasteiger partial charge in [-0.05, 0) is 30.7 Å². The Morgan fingerprint density at radius 3 is 2.65 bits per heavy atom. The number of aromatic nitrogens is 4. The summed E-state index contributed by atoms with van der Waals surface area (Å²) in [5, 5.41) is 7.10. The Hall–Kier alpha value is -3.04. The summed E-state index contributed by atoms with van der Waals surface area (Å²) >= 11 is 0. The van der Waals surface area contributed by atoms with Gasteiger partial charge >= 0.3 is 6.36 Å². The zero-order valence-electron chi connectivity index (χ0n) is 13.8. The topological polar surface area (TPSA) is 84.3 Å². The average Bonchev–Trinajstić information content (AvgIpc) is 2.97. The molecule has 3 aromatic rings. The molecule has 2 N–H and O–H groups in total.